The van der Waals surface area contributed by atoms with Crippen LogP contribution in [0, 0.1) is 0 Å². The summed E-state index contributed by atoms with van der Waals surface area (Å²) in [5.41, 5.74) is 0.529. The predicted molar refractivity (Wildman–Crippen MR) is 159 cm³/mol. The summed E-state index contributed by atoms with van der Waals surface area (Å²) in [6.45, 7) is 0. The second-order valence-electron chi connectivity index (χ2n) is 8.61. The van der Waals surface area contributed by atoms with E-state index >= 15 is 0 Å². The highest BCUT2D eigenvalue weighted by atomic mass is 35.5. The number of para-hydroxylation sites is 2. The number of rotatable bonds is 7. The van der Waals surface area contributed by atoms with Crippen LogP contribution in [-0.2, 0) is 10.0 Å². The Labute approximate surface area is 239 Å². The van der Waals surface area contributed by atoms with E-state index in [2.05, 4.69) is 9.71 Å². The molecule has 5 rings (SSSR count). The van der Waals surface area contributed by atoms with Crippen LogP contribution in [0.3, 0.4) is 0 Å². The Morgan fingerprint density at radius 1 is 0.900 bits per heavy atom. The lowest BCUT2D eigenvalue weighted by molar-refractivity contribution is 0.417. The van der Waals surface area contributed by atoms with E-state index in [1.165, 1.54) is 37.6 Å². The zero-order chi connectivity index (χ0) is 28.4. The molecule has 0 atom stereocenters. The first-order chi connectivity index (χ1) is 19.2. The number of methoxy groups -OCH3 is 1. The molecule has 8 nitrogen and oxygen atoms in total. The van der Waals surface area contributed by atoms with Gasteiger partial charge in [0.05, 0.1) is 34.6 Å². The number of hydrogen-bond donors (Lipinski definition) is 2. The normalized spacial score (nSPS) is 11.7. The van der Waals surface area contributed by atoms with E-state index in [9.17, 15) is 18.3 Å². The fraction of sp³-hybridized carbons (Fsp3) is 0.0345. The van der Waals surface area contributed by atoms with Crippen molar-refractivity contribution in [2.75, 3.05) is 11.8 Å². The molecule has 0 unspecified atom stereocenters. The molecule has 0 aliphatic rings. The fourth-order valence-electron chi connectivity index (χ4n) is 4.20. The van der Waals surface area contributed by atoms with Crippen LogP contribution in [0.2, 0.25) is 10.0 Å². The summed E-state index contributed by atoms with van der Waals surface area (Å²) in [4.78, 5) is 17.8. The van der Waals surface area contributed by atoms with E-state index < -0.39 is 21.5 Å². The summed E-state index contributed by atoms with van der Waals surface area (Å²) in [5.74, 6) is -0.0802. The van der Waals surface area contributed by atoms with Crippen LogP contribution in [0.5, 0.6) is 11.6 Å². The van der Waals surface area contributed by atoms with Gasteiger partial charge in [-0.15, -0.1) is 0 Å². The lowest BCUT2D eigenvalue weighted by Gasteiger charge is -2.15. The summed E-state index contributed by atoms with van der Waals surface area (Å²) in [5, 5.41) is 12.9. The van der Waals surface area contributed by atoms with Crippen LogP contribution in [0.4, 0.5) is 11.4 Å². The van der Waals surface area contributed by atoms with Gasteiger partial charge in [-0.25, -0.2) is 13.0 Å². The Morgan fingerprint density at radius 2 is 1.57 bits per heavy atom. The van der Waals surface area contributed by atoms with Crippen molar-refractivity contribution in [1.29, 1.82) is 0 Å². The van der Waals surface area contributed by atoms with Crippen LogP contribution in [0.25, 0.3) is 16.5 Å². The molecule has 202 valence electrons. The Hall–Kier alpha value is -4.31. The lowest BCUT2D eigenvalue weighted by atomic mass is 10.1. The number of sulfonamides is 1. The van der Waals surface area contributed by atoms with E-state index in [1.807, 2.05) is 0 Å². The van der Waals surface area contributed by atoms with Crippen LogP contribution < -0.4 is 15.0 Å². The quantitative estimate of drug-likeness (QED) is 0.207. The smallest absolute Gasteiger partial charge is 0.265 e. The molecule has 0 aliphatic heterocycles. The van der Waals surface area contributed by atoms with E-state index in [1.54, 1.807) is 66.7 Å². The first-order valence-electron chi connectivity index (χ1n) is 11.8. The van der Waals surface area contributed by atoms with Crippen molar-refractivity contribution < 1.29 is 18.3 Å². The third-order valence-electron chi connectivity index (χ3n) is 6.03. The summed E-state index contributed by atoms with van der Waals surface area (Å²) >= 11 is 12.2. The molecule has 1 aromatic heterocycles. The van der Waals surface area contributed by atoms with Crippen LogP contribution in [0.1, 0.15) is 5.56 Å². The molecule has 5 aromatic rings. The molecule has 2 N–H and O–H groups in total. The maximum Gasteiger partial charge on any atom is 0.265 e. The summed E-state index contributed by atoms with van der Waals surface area (Å²) < 4.78 is 35.3. The van der Waals surface area contributed by atoms with Gasteiger partial charge in [0.2, 0.25) is 5.88 Å². The van der Waals surface area contributed by atoms with E-state index in [0.717, 1.165) is 4.57 Å². The topological polar surface area (TPSA) is 110 Å². The molecule has 0 spiro atoms. The maximum absolute atomic E-state index is 13.5. The van der Waals surface area contributed by atoms with Gasteiger partial charge < -0.3 is 9.84 Å². The molecule has 0 saturated heterocycles. The molecule has 1 heterocycles. The van der Waals surface area contributed by atoms with Gasteiger partial charge >= 0.3 is 0 Å². The number of aromatic nitrogens is 1. The molecule has 0 aliphatic carbocycles. The number of nitrogens with one attached hydrogen (secondary N) is 1. The molecule has 11 heteroatoms. The Morgan fingerprint density at radius 3 is 2.30 bits per heavy atom. The van der Waals surface area contributed by atoms with E-state index in [-0.39, 0.29) is 21.8 Å². The number of pyridine rings is 1. The number of aliphatic imine (C=N–C) groups is 1. The van der Waals surface area contributed by atoms with Gasteiger partial charge in [0.15, 0.2) is 0 Å². The zero-order valence-corrected chi connectivity index (χ0v) is 23.2. The molecule has 0 fully saturated rings. The molecule has 0 amide bonds. The standard InChI is InChI=1S/C29H21Cl2N3O5S/c1-39-27-12-5-4-11-26(27)33-40(37,38)22-8-6-7-21(16-22)34-28(35)24-10-3-2-9-23(24)25(29(34)36)17-32-20-14-18(30)13-19(31)15-20/h2-17,33,36H,1H3. The van der Waals surface area contributed by atoms with Gasteiger partial charge in [-0.3, -0.25) is 14.5 Å². The summed E-state index contributed by atoms with van der Waals surface area (Å²) in [6.07, 6.45) is 1.40. The zero-order valence-electron chi connectivity index (χ0n) is 20.9. The maximum atomic E-state index is 13.5. The lowest BCUT2D eigenvalue weighted by Crippen LogP contribution is -2.21. The minimum Gasteiger partial charge on any atom is -0.495 e. The number of fused-ring (bicyclic) bond motifs is 1. The van der Waals surface area contributed by atoms with Gasteiger partial charge in [-0.05, 0) is 54.6 Å². The molecular weight excluding hydrogens is 573 g/mol. The van der Waals surface area contributed by atoms with Crippen molar-refractivity contribution in [3.8, 4) is 17.3 Å². The van der Waals surface area contributed by atoms with Crippen molar-refractivity contribution in [2.24, 2.45) is 4.99 Å². The predicted octanol–water partition coefficient (Wildman–Crippen LogP) is 6.56. The Kier molecular flexibility index (Phi) is 7.53. The number of anilines is 1. The van der Waals surface area contributed by atoms with Gasteiger partial charge in [0.1, 0.15) is 5.75 Å². The fourth-order valence-corrected chi connectivity index (χ4v) is 5.83. The number of nitrogens with zero attached hydrogens (tertiary/aromatic N) is 2. The number of aromatic hydroxyl groups is 1. The number of ether oxygens (including phenoxy) is 1. The highest BCUT2D eigenvalue weighted by Crippen LogP contribution is 2.30. The van der Waals surface area contributed by atoms with Crippen LogP contribution in [-0.4, -0.2) is 31.4 Å². The van der Waals surface area contributed by atoms with E-state index in [0.29, 0.717) is 32.3 Å². The summed E-state index contributed by atoms with van der Waals surface area (Å²) in [6, 6.07) is 23.8. The molecule has 0 radical (unpaired) electrons. The SMILES string of the molecule is COc1ccccc1NS(=O)(=O)c1cccc(-n2c(O)c(C=Nc3cc(Cl)cc(Cl)c3)c3ccccc3c2=O)c1. The molecular formula is C29H21Cl2N3O5S. The highest BCUT2D eigenvalue weighted by Gasteiger charge is 2.20. The average molecular weight is 594 g/mol. The van der Waals surface area contributed by atoms with E-state index in [4.69, 9.17) is 27.9 Å². The molecule has 40 heavy (non-hydrogen) atoms. The first kappa shape index (κ1) is 27.3. The average Bonchev–Trinajstić information content (AvgIpc) is 2.93. The first-order valence-corrected chi connectivity index (χ1v) is 14.0. The van der Waals surface area contributed by atoms with Crippen molar-refractivity contribution >= 4 is 61.6 Å². The third kappa shape index (κ3) is 5.40. The second-order valence-corrected chi connectivity index (χ2v) is 11.2. The Balaban J connectivity index is 1.64. The van der Waals surface area contributed by atoms with Crippen molar-refractivity contribution in [2.45, 2.75) is 4.90 Å². The largest absolute Gasteiger partial charge is 0.495 e. The van der Waals surface area contributed by atoms with Crippen LogP contribution >= 0.6 is 23.2 Å². The second kappa shape index (κ2) is 11.1. The van der Waals surface area contributed by atoms with Crippen molar-refractivity contribution in [1.82, 2.24) is 4.57 Å². The molecule has 4 aromatic carbocycles. The van der Waals surface area contributed by atoms with Gasteiger partial charge in [0.25, 0.3) is 15.6 Å². The van der Waals surface area contributed by atoms with Crippen molar-refractivity contribution in [3.63, 3.8) is 0 Å². The third-order valence-corrected chi connectivity index (χ3v) is 7.83. The monoisotopic (exact) mass is 593 g/mol. The minimum absolute atomic E-state index is 0.126. The number of benzene rings is 4. The van der Waals surface area contributed by atoms with Crippen molar-refractivity contribution in [3.05, 3.63) is 117 Å². The molecule has 0 bridgehead atoms. The number of hydrogen-bond acceptors (Lipinski definition) is 6. The Bertz CT molecular complexity index is 1940. The van der Waals surface area contributed by atoms with Gasteiger partial charge in [-0.2, -0.15) is 0 Å². The minimum atomic E-state index is -4.09. The summed E-state index contributed by atoms with van der Waals surface area (Å²) in [7, 11) is -2.65. The number of halogens is 2. The van der Waals surface area contributed by atoms with Crippen LogP contribution in [0.15, 0.2) is 106 Å². The van der Waals surface area contributed by atoms with Gasteiger partial charge in [-0.1, -0.05) is 59.6 Å². The molecule has 0 saturated carbocycles. The highest BCUT2D eigenvalue weighted by molar-refractivity contribution is 7.92. The van der Waals surface area contributed by atoms with Gasteiger partial charge in [0, 0.05) is 27.0 Å².